The first-order valence-electron chi connectivity index (χ1n) is 6.83. The second-order valence-electron chi connectivity index (χ2n) is 5.69. The van der Waals surface area contributed by atoms with Crippen LogP contribution in [0.4, 0.5) is 0 Å². The minimum atomic E-state index is -0.00312. The van der Waals surface area contributed by atoms with Gasteiger partial charge in [-0.25, -0.2) is 0 Å². The smallest absolute Gasteiger partial charge is 0.0594 e. The maximum Gasteiger partial charge on any atom is 0.0594 e. The van der Waals surface area contributed by atoms with Gasteiger partial charge in [0.2, 0.25) is 0 Å². The summed E-state index contributed by atoms with van der Waals surface area (Å²) in [5.41, 5.74) is 7.74. The van der Waals surface area contributed by atoms with Crippen molar-refractivity contribution in [2.75, 3.05) is 26.3 Å². The first-order valence-corrected chi connectivity index (χ1v) is 7.62. The zero-order valence-electron chi connectivity index (χ0n) is 11.7. The Morgan fingerprint density at radius 1 is 1.26 bits per heavy atom. The highest BCUT2D eigenvalue weighted by atomic mass is 79.9. The predicted molar refractivity (Wildman–Crippen MR) is 82.3 cm³/mol. The summed E-state index contributed by atoms with van der Waals surface area (Å²) in [6.45, 7) is 8.05. The highest BCUT2D eigenvalue weighted by molar-refractivity contribution is 9.10. The zero-order chi connectivity index (χ0) is 13.9. The number of benzene rings is 1. The lowest BCUT2D eigenvalue weighted by molar-refractivity contribution is -0.0186. The zero-order valence-corrected chi connectivity index (χ0v) is 13.3. The van der Waals surface area contributed by atoms with Gasteiger partial charge in [0.25, 0.3) is 0 Å². The Labute approximate surface area is 124 Å². The molecule has 19 heavy (non-hydrogen) atoms. The SMILES string of the molecule is CC(C)(C(N)Cc1ccc(Br)cc1)N1CCOCC1. The number of ether oxygens (including phenoxy) is 1. The molecule has 0 saturated carbocycles. The number of morpholine rings is 1. The van der Waals surface area contributed by atoms with Gasteiger partial charge in [0, 0.05) is 29.1 Å². The fraction of sp³-hybridized carbons (Fsp3) is 0.600. The Hall–Kier alpha value is -0.420. The molecule has 1 heterocycles. The molecule has 1 aliphatic rings. The van der Waals surface area contributed by atoms with E-state index >= 15 is 0 Å². The van der Waals surface area contributed by atoms with Crippen molar-refractivity contribution in [3.8, 4) is 0 Å². The number of nitrogens with zero attached hydrogens (tertiary/aromatic N) is 1. The summed E-state index contributed by atoms with van der Waals surface area (Å²) in [4.78, 5) is 2.44. The molecule has 0 aliphatic carbocycles. The quantitative estimate of drug-likeness (QED) is 0.923. The van der Waals surface area contributed by atoms with Gasteiger partial charge in [0.1, 0.15) is 0 Å². The number of rotatable bonds is 4. The van der Waals surface area contributed by atoms with E-state index in [0.717, 1.165) is 37.2 Å². The average Bonchev–Trinajstić information content (AvgIpc) is 2.42. The largest absolute Gasteiger partial charge is 0.379 e. The molecule has 0 bridgehead atoms. The van der Waals surface area contributed by atoms with Crippen LogP contribution in [0.2, 0.25) is 0 Å². The number of hydrogen-bond acceptors (Lipinski definition) is 3. The van der Waals surface area contributed by atoms with Crippen molar-refractivity contribution in [1.29, 1.82) is 0 Å². The number of halogens is 1. The molecular formula is C15H23BrN2O. The molecule has 1 aromatic rings. The van der Waals surface area contributed by atoms with Crippen LogP contribution >= 0.6 is 15.9 Å². The van der Waals surface area contributed by atoms with E-state index in [9.17, 15) is 0 Å². The summed E-state index contributed by atoms with van der Waals surface area (Å²) >= 11 is 3.46. The predicted octanol–water partition coefficient (Wildman–Crippen LogP) is 2.43. The van der Waals surface area contributed by atoms with Crippen LogP contribution in [0.3, 0.4) is 0 Å². The van der Waals surface area contributed by atoms with E-state index in [1.54, 1.807) is 0 Å². The Bertz CT molecular complexity index is 399. The summed E-state index contributed by atoms with van der Waals surface area (Å²) < 4.78 is 6.53. The van der Waals surface area contributed by atoms with E-state index < -0.39 is 0 Å². The lowest BCUT2D eigenvalue weighted by atomic mass is 9.88. The Balaban J connectivity index is 2.00. The second kappa shape index (κ2) is 6.35. The third-order valence-electron chi connectivity index (χ3n) is 4.10. The molecule has 1 atom stereocenters. The van der Waals surface area contributed by atoms with E-state index in [0.29, 0.717) is 0 Å². The monoisotopic (exact) mass is 326 g/mol. The Kier molecular flexibility index (Phi) is 5.01. The number of nitrogens with two attached hydrogens (primary N) is 1. The van der Waals surface area contributed by atoms with Gasteiger partial charge in [-0.1, -0.05) is 28.1 Å². The molecule has 4 heteroatoms. The van der Waals surface area contributed by atoms with Gasteiger partial charge in [-0.05, 0) is 38.0 Å². The average molecular weight is 327 g/mol. The molecule has 1 fully saturated rings. The van der Waals surface area contributed by atoms with Crippen molar-refractivity contribution >= 4 is 15.9 Å². The standard InChI is InChI=1S/C15H23BrN2O/c1-15(2,18-7-9-19-10-8-18)14(17)11-12-3-5-13(16)6-4-12/h3-6,14H,7-11,17H2,1-2H3. The van der Waals surface area contributed by atoms with Crippen LogP contribution in [0.25, 0.3) is 0 Å². The Morgan fingerprint density at radius 3 is 2.42 bits per heavy atom. The van der Waals surface area contributed by atoms with Gasteiger partial charge in [0.05, 0.1) is 13.2 Å². The van der Waals surface area contributed by atoms with Crippen LogP contribution in [0.5, 0.6) is 0 Å². The molecule has 0 radical (unpaired) electrons. The minimum Gasteiger partial charge on any atom is -0.379 e. The van der Waals surface area contributed by atoms with Gasteiger partial charge in [-0.3, -0.25) is 4.90 Å². The van der Waals surface area contributed by atoms with Gasteiger partial charge >= 0.3 is 0 Å². The van der Waals surface area contributed by atoms with Crippen molar-refractivity contribution in [2.45, 2.75) is 31.8 Å². The van der Waals surface area contributed by atoms with E-state index in [1.165, 1.54) is 5.56 Å². The molecular weight excluding hydrogens is 304 g/mol. The summed E-state index contributed by atoms with van der Waals surface area (Å²) in [5, 5.41) is 0. The van der Waals surface area contributed by atoms with Crippen LogP contribution < -0.4 is 5.73 Å². The molecule has 2 N–H and O–H groups in total. The molecule has 1 saturated heterocycles. The molecule has 106 valence electrons. The summed E-state index contributed by atoms with van der Waals surface area (Å²) in [7, 11) is 0. The molecule has 1 unspecified atom stereocenters. The van der Waals surface area contributed by atoms with Crippen LogP contribution in [0.1, 0.15) is 19.4 Å². The normalized spacial score (nSPS) is 19.4. The molecule has 3 nitrogen and oxygen atoms in total. The minimum absolute atomic E-state index is 0.00312. The van der Waals surface area contributed by atoms with E-state index in [4.69, 9.17) is 10.5 Å². The van der Waals surface area contributed by atoms with Gasteiger partial charge < -0.3 is 10.5 Å². The third-order valence-corrected chi connectivity index (χ3v) is 4.63. The molecule has 1 aliphatic heterocycles. The molecule has 0 aromatic heterocycles. The van der Waals surface area contributed by atoms with Crippen molar-refractivity contribution in [1.82, 2.24) is 4.90 Å². The van der Waals surface area contributed by atoms with Crippen LogP contribution in [-0.4, -0.2) is 42.8 Å². The molecule has 0 amide bonds. The molecule has 0 spiro atoms. The first-order chi connectivity index (χ1) is 9.00. The van der Waals surface area contributed by atoms with Crippen LogP contribution in [0, 0.1) is 0 Å². The van der Waals surface area contributed by atoms with Gasteiger partial charge in [-0.2, -0.15) is 0 Å². The lowest BCUT2D eigenvalue weighted by Crippen LogP contribution is -2.59. The molecule has 1 aromatic carbocycles. The highest BCUT2D eigenvalue weighted by Crippen LogP contribution is 2.22. The first kappa shape index (κ1) is 15.0. The summed E-state index contributed by atoms with van der Waals surface area (Å²) in [6.07, 6.45) is 0.900. The van der Waals surface area contributed by atoms with Gasteiger partial charge in [-0.15, -0.1) is 0 Å². The molecule has 2 rings (SSSR count). The highest BCUT2D eigenvalue weighted by Gasteiger charge is 2.33. The fourth-order valence-corrected chi connectivity index (χ4v) is 2.76. The van der Waals surface area contributed by atoms with E-state index in [2.05, 4.69) is 58.9 Å². The Morgan fingerprint density at radius 2 is 1.84 bits per heavy atom. The van der Waals surface area contributed by atoms with E-state index in [-0.39, 0.29) is 11.6 Å². The number of hydrogen-bond donors (Lipinski definition) is 1. The van der Waals surface area contributed by atoms with Crippen molar-refractivity contribution in [3.63, 3.8) is 0 Å². The van der Waals surface area contributed by atoms with Crippen molar-refractivity contribution in [3.05, 3.63) is 34.3 Å². The van der Waals surface area contributed by atoms with Crippen LogP contribution in [0.15, 0.2) is 28.7 Å². The van der Waals surface area contributed by atoms with Crippen LogP contribution in [-0.2, 0) is 11.2 Å². The summed E-state index contributed by atoms with van der Waals surface area (Å²) in [5.74, 6) is 0. The van der Waals surface area contributed by atoms with Crippen molar-refractivity contribution in [2.24, 2.45) is 5.73 Å². The lowest BCUT2D eigenvalue weighted by Gasteiger charge is -2.44. The second-order valence-corrected chi connectivity index (χ2v) is 6.61. The van der Waals surface area contributed by atoms with Gasteiger partial charge in [0.15, 0.2) is 0 Å². The third kappa shape index (κ3) is 3.78. The maximum atomic E-state index is 6.46. The van der Waals surface area contributed by atoms with E-state index in [1.807, 2.05) is 0 Å². The maximum absolute atomic E-state index is 6.46. The summed E-state index contributed by atoms with van der Waals surface area (Å²) in [6, 6.07) is 8.54. The van der Waals surface area contributed by atoms with Crippen molar-refractivity contribution < 1.29 is 4.74 Å². The topological polar surface area (TPSA) is 38.5 Å². The fourth-order valence-electron chi connectivity index (χ4n) is 2.50.